The van der Waals surface area contributed by atoms with E-state index in [0.29, 0.717) is 42.3 Å². The van der Waals surface area contributed by atoms with Crippen molar-refractivity contribution in [3.05, 3.63) is 58.1 Å². The second kappa shape index (κ2) is 15.3. The number of hydrogen-bond donors (Lipinski definition) is 0. The van der Waals surface area contributed by atoms with E-state index in [1.165, 1.54) is 0 Å². The van der Waals surface area contributed by atoms with Gasteiger partial charge >= 0.3 is 11.9 Å². The van der Waals surface area contributed by atoms with Gasteiger partial charge in [-0.15, -0.1) is 0 Å². The van der Waals surface area contributed by atoms with Crippen LogP contribution in [-0.4, -0.2) is 32.2 Å². The van der Waals surface area contributed by atoms with Gasteiger partial charge in [0.05, 0.1) is 18.4 Å². The molecule has 0 unspecified atom stereocenters. The molecule has 2 atom stereocenters. The van der Waals surface area contributed by atoms with Crippen LogP contribution in [0.25, 0.3) is 11.1 Å². The Morgan fingerprint density at radius 2 is 1.56 bits per heavy atom. The molecule has 2 aromatic rings. The highest BCUT2D eigenvalue weighted by atomic mass is 35.5. The van der Waals surface area contributed by atoms with E-state index in [2.05, 4.69) is 38.7 Å². The lowest BCUT2D eigenvalue weighted by molar-refractivity contribution is -0.162. The second-order valence-electron chi connectivity index (χ2n) is 12.6. The van der Waals surface area contributed by atoms with E-state index in [0.717, 1.165) is 35.6 Å². The van der Waals surface area contributed by atoms with E-state index in [4.69, 9.17) is 32.7 Å². The number of hydrogen-bond acceptors (Lipinski definition) is 4. The number of rotatable bonds is 14. The maximum atomic E-state index is 13.3. The maximum Gasteiger partial charge on any atom is 0.309 e. The fraction of sp³-hybridized carbons (Fsp3) is 0.562. The number of halogens is 2. The van der Waals surface area contributed by atoms with E-state index in [1.54, 1.807) is 6.07 Å². The van der Waals surface area contributed by atoms with Gasteiger partial charge in [0.15, 0.2) is 0 Å². The van der Waals surface area contributed by atoms with Crippen LogP contribution < -0.4 is 0 Å². The third-order valence-corrected chi connectivity index (χ3v) is 8.87. The van der Waals surface area contributed by atoms with Gasteiger partial charge in [0.1, 0.15) is 5.60 Å². The summed E-state index contributed by atoms with van der Waals surface area (Å²) < 4.78 is 11.5. The molecule has 0 aromatic heterocycles. The van der Waals surface area contributed by atoms with Gasteiger partial charge in [0.25, 0.3) is 0 Å². The molecule has 0 aliphatic carbocycles. The molecule has 0 saturated carbocycles. The fourth-order valence-corrected chi connectivity index (χ4v) is 5.57. The minimum atomic E-state index is -1.33. The fourth-order valence-electron chi connectivity index (χ4n) is 4.33. The molecule has 0 aliphatic rings. The van der Waals surface area contributed by atoms with Crippen LogP contribution in [0.1, 0.15) is 65.4 Å². The lowest BCUT2D eigenvalue weighted by atomic mass is 9.86. The average molecular weight is 594 g/mol. The van der Waals surface area contributed by atoms with Crippen LogP contribution in [0.3, 0.4) is 0 Å². The number of carbonyl (C=O) groups excluding carboxylic acids is 2. The molecule has 0 spiro atoms. The molecule has 2 rings (SSSR count). The maximum absolute atomic E-state index is 13.3. The van der Waals surface area contributed by atoms with E-state index >= 15 is 0 Å². The summed E-state index contributed by atoms with van der Waals surface area (Å²) in [5, 5.41) is 1.21. The van der Waals surface area contributed by atoms with E-state index in [9.17, 15) is 9.59 Å². The van der Waals surface area contributed by atoms with Gasteiger partial charge in [-0.1, -0.05) is 92.9 Å². The zero-order valence-corrected chi connectivity index (χ0v) is 27.3. The quantitative estimate of drug-likeness (QED) is 0.162. The first-order valence-corrected chi connectivity index (χ1v) is 18.6. The lowest BCUT2D eigenvalue weighted by Gasteiger charge is -2.26. The van der Waals surface area contributed by atoms with Crippen LogP contribution >= 0.6 is 23.2 Å². The van der Waals surface area contributed by atoms with Crippen molar-refractivity contribution >= 4 is 43.2 Å². The monoisotopic (exact) mass is 592 g/mol. The Balaban J connectivity index is 2.17. The minimum Gasteiger partial charge on any atom is -0.466 e. The van der Waals surface area contributed by atoms with Gasteiger partial charge in [-0.3, -0.25) is 9.59 Å². The van der Waals surface area contributed by atoms with Crippen molar-refractivity contribution in [2.75, 3.05) is 6.61 Å². The molecule has 0 N–H and O–H groups in total. The number of ether oxygens (including phenoxy) is 2. The number of carbonyl (C=O) groups is 2. The average Bonchev–Trinajstić information content (AvgIpc) is 2.82. The molecule has 0 bridgehead atoms. The molecule has 4 nitrogen and oxygen atoms in total. The SMILES string of the molecule is CCCC[C@H](C[C@H](CCc1ccc(-c2ccc(Cl)cc2Cl)cc1)C(=O)OCC[Si](C)(C)C)C(=O)OC(C)(C)C. The normalized spacial score (nSPS) is 13.6. The third kappa shape index (κ3) is 12.5. The van der Waals surface area contributed by atoms with E-state index < -0.39 is 13.7 Å². The molecule has 0 heterocycles. The number of aryl methyl sites for hydroxylation is 1. The van der Waals surface area contributed by atoms with Gasteiger partial charge in [-0.25, -0.2) is 0 Å². The Morgan fingerprint density at radius 3 is 2.13 bits per heavy atom. The van der Waals surface area contributed by atoms with Crippen molar-refractivity contribution in [1.29, 1.82) is 0 Å². The Morgan fingerprint density at radius 1 is 0.923 bits per heavy atom. The summed E-state index contributed by atoms with van der Waals surface area (Å²) in [7, 11) is -1.33. The van der Waals surface area contributed by atoms with Crippen molar-refractivity contribution in [3.63, 3.8) is 0 Å². The molecule has 7 heteroatoms. The molecule has 0 fully saturated rings. The molecular formula is C32H46Cl2O4Si. The van der Waals surface area contributed by atoms with Crippen LogP contribution in [0.5, 0.6) is 0 Å². The van der Waals surface area contributed by atoms with Crippen LogP contribution in [0.15, 0.2) is 42.5 Å². The van der Waals surface area contributed by atoms with E-state index in [1.807, 2.05) is 45.0 Å². The Labute approximate surface area is 246 Å². The standard InChI is InChI=1S/C32H46Cl2O4Si/c1-8-9-10-25(31(36)38-32(2,3)4)21-26(30(35)37-19-20-39(5,6)7)16-13-23-11-14-24(15-12-23)28-18-17-27(33)22-29(28)34/h11-12,14-15,17-18,22,25-26H,8-10,13,16,19-21H2,1-7H3/t25-,26+/m1/s1. The van der Waals surface area contributed by atoms with Gasteiger partial charge < -0.3 is 9.47 Å². The highest BCUT2D eigenvalue weighted by Crippen LogP contribution is 2.31. The van der Waals surface area contributed by atoms with E-state index in [-0.39, 0.29) is 23.8 Å². The summed E-state index contributed by atoms with van der Waals surface area (Å²) in [5.41, 5.74) is 2.48. The summed E-state index contributed by atoms with van der Waals surface area (Å²) >= 11 is 12.4. The minimum absolute atomic E-state index is 0.206. The summed E-state index contributed by atoms with van der Waals surface area (Å²) in [5.74, 6) is -1.12. The van der Waals surface area contributed by atoms with Crippen LogP contribution in [-0.2, 0) is 25.5 Å². The van der Waals surface area contributed by atoms with Crippen molar-refractivity contribution in [1.82, 2.24) is 0 Å². The molecule has 2 aromatic carbocycles. The number of unbranched alkanes of at least 4 members (excludes halogenated alkanes) is 1. The van der Waals surface area contributed by atoms with Gasteiger partial charge in [0, 0.05) is 23.7 Å². The van der Waals surface area contributed by atoms with Crippen LogP contribution in [0, 0.1) is 11.8 Å². The van der Waals surface area contributed by atoms with Gasteiger partial charge in [-0.2, -0.15) is 0 Å². The predicted octanol–water partition coefficient (Wildman–Crippen LogP) is 9.63. The molecule has 0 amide bonds. The van der Waals surface area contributed by atoms with Crippen LogP contribution in [0.4, 0.5) is 0 Å². The first kappa shape index (κ1) is 33.4. The van der Waals surface area contributed by atoms with Crippen molar-refractivity contribution in [2.24, 2.45) is 11.8 Å². The third-order valence-electron chi connectivity index (χ3n) is 6.62. The second-order valence-corrected chi connectivity index (χ2v) is 19.1. The Hall–Kier alpha value is -1.82. The van der Waals surface area contributed by atoms with Gasteiger partial charge in [-0.05, 0) is 75.8 Å². The summed E-state index contributed by atoms with van der Waals surface area (Å²) in [6, 6.07) is 14.6. The zero-order chi connectivity index (χ0) is 29.2. The molecule has 0 radical (unpaired) electrons. The summed E-state index contributed by atoms with van der Waals surface area (Å²) in [6.07, 6.45) is 4.36. The highest BCUT2D eigenvalue weighted by molar-refractivity contribution is 6.76. The van der Waals surface area contributed by atoms with Gasteiger partial charge in [0.2, 0.25) is 0 Å². The Bertz CT molecular complexity index is 1070. The summed E-state index contributed by atoms with van der Waals surface area (Å²) in [6.45, 7) is 15.0. The highest BCUT2D eigenvalue weighted by Gasteiger charge is 2.31. The lowest BCUT2D eigenvalue weighted by Crippen LogP contribution is -2.32. The van der Waals surface area contributed by atoms with Crippen molar-refractivity contribution in [2.45, 2.75) is 97.5 Å². The first-order valence-electron chi connectivity index (χ1n) is 14.1. The summed E-state index contributed by atoms with van der Waals surface area (Å²) in [4.78, 5) is 26.4. The zero-order valence-electron chi connectivity index (χ0n) is 24.7. The molecule has 216 valence electrons. The Kier molecular flexibility index (Phi) is 13.1. The van der Waals surface area contributed by atoms with Crippen LogP contribution in [0.2, 0.25) is 35.7 Å². The predicted molar refractivity (Wildman–Crippen MR) is 166 cm³/mol. The molecule has 0 saturated heterocycles. The molecular weight excluding hydrogens is 547 g/mol. The number of esters is 2. The van der Waals surface area contributed by atoms with Crippen molar-refractivity contribution in [3.8, 4) is 11.1 Å². The van der Waals surface area contributed by atoms with Crippen molar-refractivity contribution < 1.29 is 19.1 Å². The smallest absolute Gasteiger partial charge is 0.309 e. The largest absolute Gasteiger partial charge is 0.466 e. The first-order chi connectivity index (χ1) is 18.2. The molecule has 39 heavy (non-hydrogen) atoms. The number of benzene rings is 2. The topological polar surface area (TPSA) is 52.6 Å². The molecule has 0 aliphatic heterocycles.